The van der Waals surface area contributed by atoms with Crippen LogP contribution in [0, 0.1) is 0 Å². The minimum atomic E-state index is 0.911. The molecule has 0 saturated heterocycles. The Morgan fingerprint density at radius 1 is 0.426 bits per heavy atom. The van der Waals surface area contributed by atoms with Crippen molar-refractivity contribution in [2.24, 2.45) is 0 Å². The van der Waals surface area contributed by atoms with Crippen molar-refractivity contribution in [1.82, 2.24) is 4.57 Å². The maximum absolute atomic E-state index is 6.93. The van der Waals surface area contributed by atoms with E-state index in [1.165, 1.54) is 42.4 Å². The number of para-hydroxylation sites is 3. The molecule has 0 N–H and O–H groups in total. The molecule has 0 unspecified atom stereocenters. The average Bonchev–Trinajstić information content (AvgIpc) is 3.81. The molecule has 0 amide bonds. The van der Waals surface area contributed by atoms with Crippen LogP contribution in [0.15, 0.2) is 168 Å². The third kappa shape index (κ3) is 3.90. The van der Waals surface area contributed by atoms with E-state index in [0.29, 0.717) is 0 Å². The number of thiophene rings is 1. The highest BCUT2D eigenvalue weighted by Crippen LogP contribution is 2.47. The van der Waals surface area contributed by atoms with Crippen molar-refractivity contribution in [3.05, 3.63) is 164 Å². The van der Waals surface area contributed by atoms with Gasteiger partial charge in [-0.25, -0.2) is 0 Å². The van der Waals surface area contributed by atoms with E-state index in [9.17, 15) is 0 Å². The molecule has 0 aliphatic heterocycles. The van der Waals surface area contributed by atoms with Crippen LogP contribution in [0.5, 0.6) is 0 Å². The number of rotatable bonds is 4. The van der Waals surface area contributed by atoms with E-state index >= 15 is 0 Å². The minimum absolute atomic E-state index is 0.911. The fourth-order valence-corrected chi connectivity index (χ4v) is 8.68. The minimum Gasteiger partial charge on any atom is -0.453 e. The lowest BCUT2D eigenvalue weighted by molar-refractivity contribution is 0.674. The van der Waals surface area contributed by atoms with Crippen LogP contribution >= 0.6 is 11.3 Å². The van der Waals surface area contributed by atoms with Crippen LogP contribution in [0.1, 0.15) is 0 Å². The molecule has 0 spiro atoms. The Labute approximate surface area is 275 Å². The highest BCUT2D eigenvalue weighted by atomic mass is 32.1. The van der Waals surface area contributed by atoms with Crippen molar-refractivity contribution in [2.45, 2.75) is 0 Å². The summed E-state index contributed by atoms with van der Waals surface area (Å²) >= 11 is 1.88. The molecule has 7 aromatic carbocycles. The van der Waals surface area contributed by atoms with Gasteiger partial charge in [-0.1, -0.05) is 127 Å². The summed E-state index contributed by atoms with van der Waals surface area (Å²) in [5.41, 5.74) is 12.4. The first-order valence-electron chi connectivity index (χ1n) is 15.9. The number of hydrogen-bond acceptors (Lipinski definition) is 2. The number of fused-ring (bicyclic) bond motifs is 8. The molecule has 2 nitrogen and oxygen atoms in total. The molecule has 3 aromatic heterocycles. The van der Waals surface area contributed by atoms with E-state index in [0.717, 1.165) is 49.8 Å². The van der Waals surface area contributed by atoms with Crippen molar-refractivity contribution < 1.29 is 4.42 Å². The van der Waals surface area contributed by atoms with Crippen LogP contribution in [0.25, 0.3) is 92.2 Å². The summed E-state index contributed by atoms with van der Waals surface area (Å²) in [7, 11) is 0. The second kappa shape index (κ2) is 10.3. The predicted molar refractivity (Wildman–Crippen MR) is 200 cm³/mol. The third-order valence-corrected chi connectivity index (χ3v) is 10.6. The fourth-order valence-electron chi connectivity index (χ4n) is 7.42. The topological polar surface area (TPSA) is 18.1 Å². The third-order valence-electron chi connectivity index (χ3n) is 9.43. The first kappa shape index (κ1) is 26.3. The Bertz CT molecular complexity index is 2780. The van der Waals surface area contributed by atoms with Gasteiger partial charge in [-0.05, 0) is 64.2 Å². The van der Waals surface area contributed by atoms with Gasteiger partial charge in [-0.3, -0.25) is 0 Å². The van der Waals surface area contributed by atoms with Gasteiger partial charge >= 0.3 is 0 Å². The highest BCUT2D eigenvalue weighted by molar-refractivity contribution is 7.26. The van der Waals surface area contributed by atoms with Crippen molar-refractivity contribution in [1.29, 1.82) is 0 Å². The van der Waals surface area contributed by atoms with Gasteiger partial charge in [0.15, 0.2) is 5.58 Å². The quantitative estimate of drug-likeness (QED) is 0.192. The Hall–Kier alpha value is -5.90. The van der Waals surface area contributed by atoms with Crippen molar-refractivity contribution in [2.75, 3.05) is 0 Å². The van der Waals surface area contributed by atoms with Crippen LogP contribution in [0.2, 0.25) is 0 Å². The molecule has 220 valence electrons. The summed E-state index contributed by atoms with van der Waals surface area (Å²) in [4.78, 5) is 0. The van der Waals surface area contributed by atoms with E-state index in [-0.39, 0.29) is 0 Å². The molecule has 10 rings (SSSR count). The molecule has 3 heterocycles. The zero-order valence-corrected chi connectivity index (χ0v) is 26.2. The SMILES string of the molecule is c1ccc(-c2cccc3c2sc2cccc(-c4ccccc4-c4cccc5c4oc4c6ccccc6n(-c6ccccc6)c54)c23)cc1. The molecule has 0 atom stereocenters. The van der Waals surface area contributed by atoms with Gasteiger partial charge in [0.25, 0.3) is 0 Å². The van der Waals surface area contributed by atoms with E-state index < -0.39 is 0 Å². The maximum atomic E-state index is 6.93. The Balaban J connectivity index is 1.24. The standard InChI is InChI=1S/C44H27NOS/c1-3-14-28(15-4-1)30-21-11-24-36-40-33(22-13-27-39(40)47-44(30)36)31-18-7-8-19-32(31)34-23-12-25-37-41-43(46-42(34)37)35-20-9-10-26-38(35)45(41)29-16-5-2-6-17-29/h1-27H. The van der Waals surface area contributed by atoms with Gasteiger partial charge in [-0.15, -0.1) is 11.3 Å². The van der Waals surface area contributed by atoms with Crippen LogP contribution < -0.4 is 0 Å². The van der Waals surface area contributed by atoms with E-state index in [1.807, 2.05) is 11.3 Å². The maximum Gasteiger partial charge on any atom is 0.161 e. The second-order valence-electron chi connectivity index (χ2n) is 12.0. The van der Waals surface area contributed by atoms with Gasteiger partial charge in [0.05, 0.1) is 5.52 Å². The van der Waals surface area contributed by atoms with Gasteiger partial charge in [0.2, 0.25) is 0 Å². The lowest BCUT2D eigenvalue weighted by atomic mass is 9.91. The summed E-state index contributed by atoms with van der Waals surface area (Å²) in [5.74, 6) is 0. The van der Waals surface area contributed by atoms with Gasteiger partial charge < -0.3 is 8.98 Å². The lowest BCUT2D eigenvalue weighted by Crippen LogP contribution is -1.93. The van der Waals surface area contributed by atoms with Crippen molar-refractivity contribution >= 4 is 64.5 Å². The van der Waals surface area contributed by atoms with Crippen LogP contribution in [0.4, 0.5) is 0 Å². The van der Waals surface area contributed by atoms with Gasteiger partial charge in [0, 0.05) is 42.2 Å². The summed E-state index contributed by atoms with van der Waals surface area (Å²) in [6.07, 6.45) is 0. The number of benzene rings is 7. The second-order valence-corrected chi connectivity index (χ2v) is 13.1. The predicted octanol–water partition coefficient (Wildman–Crippen LogP) is 12.9. The largest absolute Gasteiger partial charge is 0.453 e. The first-order valence-corrected chi connectivity index (χ1v) is 16.8. The lowest BCUT2D eigenvalue weighted by Gasteiger charge is -2.13. The Kier molecular flexibility index (Phi) is 5.78. The van der Waals surface area contributed by atoms with E-state index in [1.54, 1.807) is 0 Å². The molecule has 0 saturated carbocycles. The van der Waals surface area contributed by atoms with E-state index in [4.69, 9.17) is 4.42 Å². The normalized spacial score (nSPS) is 11.8. The molecular weight excluding hydrogens is 591 g/mol. The monoisotopic (exact) mass is 617 g/mol. The summed E-state index contributed by atoms with van der Waals surface area (Å²) in [6.45, 7) is 0. The van der Waals surface area contributed by atoms with Crippen LogP contribution in [-0.4, -0.2) is 4.57 Å². The molecule has 3 heteroatoms. The molecule has 47 heavy (non-hydrogen) atoms. The van der Waals surface area contributed by atoms with Gasteiger partial charge in [0.1, 0.15) is 11.1 Å². The van der Waals surface area contributed by atoms with Crippen LogP contribution in [0.3, 0.4) is 0 Å². The van der Waals surface area contributed by atoms with E-state index in [2.05, 4.69) is 168 Å². The molecule has 0 fully saturated rings. The molecule has 10 aromatic rings. The zero-order chi connectivity index (χ0) is 30.9. The summed E-state index contributed by atoms with van der Waals surface area (Å²) in [5, 5.41) is 4.82. The fraction of sp³-hybridized carbons (Fsp3) is 0. The molecule has 0 aliphatic carbocycles. The first-order chi connectivity index (χ1) is 23.3. The molecule has 0 radical (unpaired) electrons. The number of nitrogens with zero attached hydrogens (tertiary/aromatic N) is 1. The highest BCUT2D eigenvalue weighted by Gasteiger charge is 2.23. The zero-order valence-electron chi connectivity index (χ0n) is 25.4. The smallest absolute Gasteiger partial charge is 0.161 e. The Morgan fingerprint density at radius 3 is 1.85 bits per heavy atom. The molecule has 0 aliphatic rings. The van der Waals surface area contributed by atoms with Crippen molar-refractivity contribution in [3.8, 4) is 39.1 Å². The summed E-state index contributed by atoms with van der Waals surface area (Å²) in [6, 6.07) is 58.6. The molecule has 0 bridgehead atoms. The number of furan rings is 1. The Morgan fingerprint density at radius 2 is 1.02 bits per heavy atom. The van der Waals surface area contributed by atoms with Crippen molar-refractivity contribution in [3.63, 3.8) is 0 Å². The molecular formula is C44H27NOS. The van der Waals surface area contributed by atoms with Gasteiger partial charge in [-0.2, -0.15) is 0 Å². The number of hydrogen-bond donors (Lipinski definition) is 0. The average molecular weight is 618 g/mol. The summed E-state index contributed by atoms with van der Waals surface area (Å²) < 4.78 is 11.9. The van der Waals surface area contributed by atoms with Crippen LogP contribution in [-0.2, 0) is 0 Å². The number of aromatic nitrogens is 1.